The fourth-order valence-electron chi connectivity index (χ4n) is 1.70. The molecule has 88 valence electrons. The number of para-hydroxylation sites is 1. The van der Waals surface area contributed by atoms with E-state index in [1.54, 1.807) is 24.2 Å². The van der Waals surface area contributed by atoms with Gasteiger partial charge in [0.2, 0.25) is 0 Å². The number of rotatable bonds is 2. The Hall–Kier alpha value is -2.07. The van der Waals surface area contributed by atoms with Crippen LogP contribution in [0.1, 0.15) is 0 Å². The highest BCUT2D eigenvalue weighted by molar-refractivity contribution is 7.99. The lowest BCUT2D eigenvalue weighted by Gasteiger charge is -2.04. The number of nitrogens with two attached hydrogens (primary N) is 1. The van der Waals surface area contributed by atoms with Crippen LogP contribution in [0.5, 0.6) is 0 Å². The summed E-state index contributed by atoms with van der Waals surface area (Å²) in [6, 6.07) is 14.0. The number of benzene rings is 1. The van der Waals surface area contributed by atoms with E-state index in [1.165, 1.54) is 0 Å². The number of anilines is 1. The maximum Gasteiger partial charge on any atom is 0.102 e. The molecule has 2 heterocycles. The van der Waals surface area contributed by atoms with Gasteiger partial charge in [0.05, 0.1) is 17.4 Å². The van der Waals surface area contributed by atoms with E-state index in [4.69, 9.17) is 5.73 Å². The normalized spacial score (nSPS) is 10.7. The summed E-state index contributed by atoms with van der Waals surface area (Å²) in [7, 11) is 0. The smallest absolute Gasteiger partial charge is 0.102 e. The summed E-state index contributed by atoms with van der Waals surface area (Å²) in [4.78, 5) is 9.56. The molecule has 0 spiro atoms. The van der Waals surface area contributed by atoms with E-state index < -0.39 is 0 Å². The van der Waals surface area contributed by atoms with E-state index in [1.807, 2.05) is 30.3 Å². The monoisotopic (exact) mass is 253 g/mol. The van der Waals surface area contributed by atoms with Crippen molar-refractivity contribution in [2.24, 2.45) is 0 Å². The average Bonchev–Trinajstić information content (AvgIpc) is 2.41. The number of pyridine rings is 2. The zero-order valence-corrected chi connectivity index (χ0v) is 10.4. The summed E-state index contributed by atoms with van der Waals surface area (Å²) in [6.07, 6.45) is 3.39. The minimum absolute atomic E-state index is 0.678. The SMILES string of the molecule is Nc1cnccc1Sc1ccc2ccccc2n1. The van der Waals surface area contributed by atoms with Crippen molar-refractivity contribution in [2.45, 2.75) is 9.92 Å². The summed E-state index contributed by atoms with van der Waals surface area (Å²) in [5, 5.41) is 2.08. The van der Waals surface area contributed by atoms with Gasteiger partial charge in [-0.2, -0.15) is 0 Å². The first kappa shape index (κ1) is 11.0. The molecule has 18 heavy (non-hydrogen) atoms. The van der Waals surface area contributed by atoms with Crippen LogP contribution in [0.15, 0.2) is 64.8 Å². The lowest BCUT2D eigenvalue weighted by atomic mass is 10.2. The first-order valence-electron chi connectivity index (χ1n) is 5.56. The second-order valence-corrected chi connectivity index (χ2v) is 4.92. The zero-order valence-electron chi connectivity index (χ0n) is 9.58. The molecule has 0 amide bonds. The Morgan fingerprint density at radius 1 is 1.00 bits per heavy atom. The quantitative estimate of drug-likeness (QED) is 0.760. The van der Waals surface area contributed by atoms with E-state index >= 15 is 0 Å². The number of hydrogen-bond donors (Lipinski definition) is 1. The summed E-state index contributed by atoms with van der Waals surface area (Å²) in [6.45, 7) is 0. The largest absolute Gasteiger partial charge is 0.397 e. The van der Waals surface area contributed by atoms with Gasteiger partial charge in [-0.3, -0.25) is 4.98 Å². The van der Waals surface area contributed by atoms with Gasteiger partial charge in [0.25, 0.3) is 0 Å². The van der Waals surface area contributed by atoms with Crippen LogP contribution in [-0.2, 0) is 0 Å². The van der Waals surface area contributed by atoms with Crippen molar-refractivity contribution >= 4 is 28.4 Å². The number of nitrogen functional groups attached to an aromatic ring is 1. The molecule has 4 heteroatoms. The highest BCUT2D eigenvalue weighted by atomic mass is 32.2. The second kappa shape index (κ2) is 4.66. The van der Waals surface area contributed by atoms with Crippen LogP contribution in [0, 0.1) is 0 Å². The van der Waals surface area contributed by atoms with E-state index in [9.17, 15) is 0 Å². The Kier molecular flexibility index (Phi) is 2.86. The number of nitrogens with zero attached hydrogens (tertiary/aromatic N) is 2. The van der Waals surface area contributed by atoms with Crippen molar-refractivity contribution in [3.8, 4) is 0 Å². The number of fused-ring (bicyclic) bond motifs is 1. The molecule has 2 N–H and O–H groups in total. The summed E-state index contributed by atoms with van der Waals surface area (Å²) >= 11 is 1.55. The maximum atomic E-state index is 5.87. The second-order valence-electron chi connectivity index (χ2n) is 3.86. The molecule has 3 aromatic rings. The minimum atomic E-state index is 0.678. The lowest BCUT2D eigenvalue weighted by Crippen LogP contribution is -1.90. The molecule has 0 atom stereocenters. The number of hydrogen-bond acceptors (Lipinski definition) is 4. The van der Waals surface area contributed by atoms with Gasteiger partial charge in [-0.25, -0.2) is 4.98 Å². The molecule has 0 saturated heterocycles. The van der Waals surface area contributed by atoms with Gasteiger partial charge in [-0.05, 0) is 18.2 Å². The fourth-order valence-corrected chi connectivity index (χ4v) is 2.51. The molecule has 1 aromatic carbocycles. The van der Waals surface area contributed by atoms with Crippen molar-refractivity contribution in [1.82, 2.24) is 9.97 Å². The third-order valence-corrected chi connectivity index (χ3v) is 3.63. The van der Waals surface area contributed by atoms with Crippen molar-refractivity contribution in [3.05, 3.63) is 54.9 Å². The topological polar surface area (TPSA) is 51.8 Å². The van der Waals surface area contributed by atoms with Gasteiger partial charge in [-0.15, -0.1) is 0 Å². The van der Waals surface area contributed by atoms with Gasteiger partial charge in [-0.1, -0.05) is 36.0 Å². The van der Waals surface area contributed by atoms with Crippen LogP contribution in [0.25, 0.3) is 10.9 Å². The Balaban J connectivity index is 1.98. The van der Waals surface area contributed by atoms with E-state index in [-0.39, 0.29) is 0 Å². The zero-order chi connectivity index (χ0) is 12.4. The van der Waals surface area contributed by atoms with Crippen LogP contribution in [0.3, 0.4) is 0 Å². The predicted octanol–water partition coefficient (Wildman–Crippen LogP) is 3.36. The molecule has 0 radical (unpaired) electrons. The molecule has 0 aliphatic heterocycles. The van der Waals surface area contributed by atoms with Gasteiger partial charge < -0.3 is 5.73 Å². The third kappa shape index (κ3) is 2.15. The van der Waals surface area contributed by atoms with Gasteiger partial charge in [0.1, 0.15) is 5.03 Å². The van der Waals surface area contributed by atoms with Crippen LogP contribution in [-0.4, -0.2) is 9.97 Å². The number of aromatic nitrogens is 2. The minimum Gasteiger partial charge on any atom is -0.397 e. The van der Waals surface area contributed by atoms with Gasteiger partial charge in [0, 0.05) is 16.5 Å². The molecule has 0 fully saturated rings. The molecule has 0 saturated carbocycles. The Bertz CT molecular complexity index is 697. The first-order valence-corrected chi connectivity index (χ1v) is 6.38. The van der Waals surface area contributed by atoms with Crippen molar-refractivity contribution < 1.29 is 0 Å². The fraction of sp³-hybridized carbons (Fsp3) is 0. The Labute approximate surface area is 109 Å². The Morgan fingerprint density at radius 2 is 1.89 bits per heavy atom. The molecule has 0 aliphatic rings. The van der Waals surface area contributed by atoms with Crippen molar-refractivity contribution in [3.63, 3.8) is 0 Å². The molecule has 0 aliphatic carbocycles. The highest BCUT2D eigenvalue weighted by Crippen LogP contribution is 2.30. The highest BCUT2D eigenvalue weighted by Gasteiger charge is 2.03. The molecule has 0 unspecified atom stereocenters. The van der Waals surface area contributed by atoms with E-state index in [2.05, 4.69) is 22.1 Å². The van der Waals surface area contributed by atoms with Gasteiger partial charge in [0.15, 0.2) is 0 Å². The molecule has 2 aromatic heterocycles. The maximum absolute atomic E-state index is 5.87. The van der Waals surface area contributed by atoms with Crippen LogP contribution in [0.2, 0.25) is 0 Å². The van der Waals surface area contributed by atoms with Crippen LogP contribution in [0.4, 0.5) is 5.69 Å². The third-order valence-electron chi connectivity index (χ3n) is 2.60. The van der Waals surface area contributed by atoms with E-state index in [0.717, 1.165) is 20.8 Å². The van der Waals surface area contributed by atoms with Crippen LogP contribution >= 0.6 is 11.8 Å². The summed E-state index contributed by atoms with van der Waals surface area (Å²) < 4.78 is 0. The Morgan fingerprint density at radius 3 is 2.78 bits per heavy atom. The molecular formula is C14H11N3S. The van der Waals surface area contributed by atoms with Crippen LogP contribution < -0.4 is 5.73 Å². The molecule has 0 bridgehead atoms. The first-order chi connectivity index (χ1) is 8.83. The summed E-state index contributed by atoms with van der Waals surface area (Å²) in [5.41, 5.74) is 7.54. The molecule has 3 rings (SSSR count). The molecule has 3 nitrogen and oxygen atoms in total. The summed E-state index contributed by atoms with van der Waals surface area (Å²) in [5.74, 6) is 0. The lowest BCUT2D eigenvalue weighted by molar-refractivity contribution is 1.18. The molecular weight excluding hydrogens is 242 g/mol. The van der Waals surface area contributed by atoms with E-state index in [0.29, 0.717) is 5.69 Å². The van der Waals surface area contributed by atoms with Crippen molar-refractivity contribution in [1.29, 1.82) is 0 Å². The average molecular weight is 253 g/mol. The standard InChI is InChI=1S/C14H11N3S/c15-11-9-16-8-7-13(11)18-14-6-5-10-3-1-2-4-12(10)17-14/h1-9H,15H2. The van der Waals surface area contributed by atoms with Gasteiger partial charge >= 0.3 is 0 Å². The van der Waals surface area contributed by atoms with Crippen molar-refractivity contribution in [2.75, 3.05) is 5.73 Å². The predicted molar refractivity (Wildman–Crippen MR) is 74.5 cm³/mol.